The van der Waals surface area contributed by atoms with E-state index < -0.39 is 0 Å². The number of amides is 1. The van der Waals surface area contributed by atoms with Crippen molar-refractivity contribution in [3.8, 4) is 6.07 Å². The van der Waals surface area contributed by atoms with Crippen LogP contribution in [-0.2, 0) is 0 Å². The van der Waals surface area contributed by atoms with Crippen molar-refractivity contribution in [1.82, 2.24) is 14.7 Å². The molecule has 1 saturated carbocycles. The van der Waals surface area contributed by atoms with Gasteiger partial charge in [0.2, 0.25) is 0 Å². The number of hydrogen-bond acceptors (Lipinski definition) is 4. The molecule has 2 aromatic heterocycles. The fourth-order valence-electron chi connectivity index (χ4n) is 3.75. The summed E-state index contributed by atoms with van der Waals surface area (Å²) >= 11 is 0. The Hall–Kier alpha value is -3.33. The van der Waals surface area contributed by atoms with Crippen molar-refractivity contribution >= 4 is 17.4 Å². The van der Waals surface area contributed by atoms with Crippen LogP contribution in [0.5, 0.6) is 0 Å². The van der Waals surface area contributed by atoms with Gasteiger partial charge >= 0.3 is 0 Å². The molecule has 0 atom stereocenters. The number of anilines is 1. The second-order valence-electron chi connectivity index (χ2n) is 7.41. The standard InChI is InChI=1S/C22H23N5O/c1-15-5-7-16(8-6-15)22(28)26-18-11-9-17(10-12-18)24-20-3-2-4-21-25-19(13-23)14-27(20)21/h2-8,14,17-18,24H,9-12H2,1H3,(H,26,28)/t17-,18+. The first-order valence-electron chi connectivity index (χ1n) is 9.64. The molecule has 4 rings (SSSR count). The molecule has 3 aromatic rings. The minimum absolute atomic E-state index is 0.00336. The number of carbonyl (C=O) groups excluding carboxylic acids is 1. The highest BCUT2D eigenvalue weighted by Crippen LogP contribution is 2.23. The van der Waals surface area contributed by atoms with E-state index in [1.54, 1.807) is 6.20 Å². The molecule has 6 nitrogen and oxygen atoms in total. The molecule has 6 heteroatoms. The molecule has 0 bridgehead atoms. The molecule has 0 saturated heterocycles. The Morgan fingerprint density at radius 2 is 1.82 bits per heavy atom. The van der Waals surface area contributed by atoms with Crippen molar-refractivity contribution in [3.63, 3.8) is 0 Å². The third-order valence-electron chi connectivity index (χ3n) is 5.33. The summed E-state index contributed by atoms with van der Waals surface area (Å²) in [6.07, 6.45) is 5.60. The molecule has 142 valence electrons. The second-order valence-corrected chi connectivity index (χ2v) is 7.41. The van der Waals surface area contributed by atoms with Gasteiger partial charge < -0.3 is 10.6 Å². The lowest BCUT2D eigenvalue weighted by atomic mass is 9.91. The zero-order valence-corrected chi connectivity index (χ0v) is 15.9. The zero-order chi connectivity index (χ0) is 19.5. The molecule has 2 N–H and O–H groups in total. The summed E-state index contributed by atoms with van der Waals surface area (Å²) in [4.78, 5) is 16.7. The van der Waals surface area contributed by atoms with Crippen LogP contribution in [0.4, 0.5) is 5.82 Å². The van der Waals surface area contributed by atoms with Crippen LogP contribution in [0.25, 0.3) is 5.65 Å². The van der Waals surface area contributed by atoms with Crippen LogP contribution in [0.15, 0.2) is 48.7 Å². The van der Waals surface area contributed by atoms with Crippen molar-refractivity contribution in [2.75, 3.05) is 5.32 Å². The van der Waals surface area contributed by atoms with Crippen molar-refractivity contribution in [3.05, 3.63) is 65.5 Å². The van der Waals surface area contributed by atoms with E-state index in [0.29, 0.717) is 17.3 Å². The monoisotopic (exact) mass is 373 g/mol. The van der Waals surface area contributed by atoms with E-state index in [-0.39, 0.29) is 11.9 Å². The maximum atomic E-state index is 12.4. The zero-order valence-electron chi connectivity index (χ0n) is 15.9. The summed E-state index contributed by atoms with van der Waals surface area (Å²) < 4.78 is 1.92. The van der Waals surface area contributed by atoms with Gasteiger partial charge in [0.25, 0.3) is 5.91 Å². The Morgan fingerprint density at radius 1 is 1.11 bits per heavy atom. The van der Waals surface area contributed by atoms with Crippen LogP contribution >= 0.6 is 0 Å². The van der Waals surface area contributed by atoms with E-state index in [4.69, 9.17) is 5.26 Å². The highest BCUT2D eigenvalue weighted by Gasteiger charge is 2.23. The lowest BCUT2D eigenvalue weighted by Crippen LogP contribution is -2.40. The Kier molecular flexibility index (Phi) is 4.98. The number of fused-ring (bicyclic) bond motifs is 1. The SMILES string of the molecule is Cc1ccc(C(=O)N[C@H]2CC[C@@H](Nc3cccc4nc(C#N)cn34)CC2)cc1. The number of aromatic nitrogens is 2. The van der Waals surface area contributed by atoms with Gasteiger partial charge in [-0.1, -0.05) is 23.8 Å². The predicted octanol–water partition coefficient (Wildman–Crippen LogP) is 3.67. The van der Waals surface area contributed by atoms with Gasteiger partial charge in [0.15, 0.2) is 5.69 Å². The first-order chi connectivity index (χ1) is 13.6. The van der Waals surface area contributed by atoms with Crippen molar-refractivity contribution in [2.24, 2.45) is 0 Å². The molecule has 0 unspecified atom stereocenters. The number of rotatable bonds is 4. The number of nitrogens with one attached hydrogen (secondary N) is 2. The minimum Gasteiger partial charge on any atom is -0.368 e. The Morgan fingerprint density at radius 3 is 2.54 bits per heavy atom. The van der Waals surface area contributed by atoms with E-state index in [2.05, 4.69) is 21.7 Å². The van der Waals surface area contributed by atoms with E-state index >= 15 is 0 Å². The quantitative estimate of drug-likeness (QED) is 0.731. The molecule has 0 radical (unpaired) electrons. The number of benzene rings is 1. The average molecular weight is 373 g/mol. The number of aryl methyl sites for hydroxylation is 1. The van der Waals surface area contributed by atoms with Gasteiger partial charge in [0, 0.05) is 23.8 Å². The molecule has 1 aliphatic carbocycles. The summed E-state index contributed by atoms with van der Waals surface area (Å²) in [5.41, 5.74) is 3.04. The molecule has 2 heterocycles. The van der Waals surface area contributed by atoms with Crippen molar-refractivity contribution < 1.29 is 4.79 Å². The van der Waals surface area contributed by atoms with Crippen LogP contribution in [0, 0.1) is 18.3 Å². The molecular formula is C22H23N5O. The van der Waals surface area contributed by atoms with Crippen LogP contribution in [0.2, 0.25) is 0 Å². The van der Waals surface area contributed by atoms with Gasteiger partial charge in [0.05, 0.1) is 0 Å². The van der Waals surface area contributed by atoms with Gasteiger partial charge in [-0.15, -0.1) is 0 Å². The van der Waals surface area contributed by atoms with E-state index in [9.17, 15) is 4.79 Å². The maximum Gasteiger partial charge on any atom is 0.251 e. The van der Waals surface area contributed by atoms with Gasteiger partial charge in [-0.2, -0.15) is 5.26 Å². The first kappa shape index (κ1) is 18.1. The molecular weight excluding hydrogens is 350 g/mol. The molecule has 0 aliphatic heterocycles. The lowest BCUT2D eigenvalue weighted by molar-refractivity contribution is 0.0926. The molecule has 1 aromatic carbocycles. The third-order valence-corrected chi connectivity index (χ3v) is 5.33. The lowest BCUT2D eigenvalue weighted by Gasteiger charge is -2.30. The van der Waals surface area contributed by atoms with Gasteiger partial charge in [-0.05, 0) is 56.9 Å². The average Bonchev–Trinajstić information content (AvgIpc) is 3.14. The molecule has 1 aliphatic rings. The number of pyridine rings is 1. The van der Waals surface area contributed by atoms with E-state index in [0.717, 1.165) is 42.7 Å². The van der Waals surface area contributed by atoms with Gasteiger partial charge in [0.1, 0.15) is 17.5 Å². The maximum absolute atomic E-state index is 12.4. The molecule has 1 amide bonds. The number of nitriles is 1. The number of hydrogen-bond donors (Lipinski definition) is 2. The summed E-state index contributed by atoms with van der Waals surface area (Å²) in [7, 11) is 0. The number of carbonyl (C=O) groups is 1. The summed E-state index contributed by atoms with van der Waals surface area (Å²) in [5.74, 6) is 0.947. The first-order valence-corrected chi connectivity index (χ1v) is 9.64. The normalized spacial score (nSPS) is 19.1. The number of imidazole rings is 1. The molecule has 28 heavy (non-hydrogen) atoms. The smallest absolute Gasteiger partial charge is 0.251 e. The fraction of sp³-hybridized carbons (Fsp3) is 0.318. The Bertz CT molecular complexity index is 1020. The van der Waals surface area contributed by atoms with Crippen LogP contribution in [0.3, 0.4) is 0 Å². The minimum atomic E-state index is 0.00336. The summed E-state index contributed by atoms with van der Waals surface area (Å²) in [6.45, 7) is 2.02. The van der Waals surface area contributed by atoms with E-state index in [1.165, 1.54) is 0 Å². The molecule has 1 fully saturated rings. The van der Waals surface area contributed by atoms with Crippen LogP contribution < -0.4 is 10.6 Å². The fourth-order valence-corrected chi connectivity index (χ4v) is 3.75. The topological polar surface area (TPSA) is 82.2 Å². The molecule has 0 spiro atoms. The number of nitrogens with zero attached hydrogens (tertiary/aromatic N) is 3. The Labute approximate surface area is 164 Å². The van der Waals surface area contributed by atoms with Crippen molar-refractivity contribution in [1.29, 1.82) is 5.26 Å². The highest BCUT2D eigenvalue weighted by atomic mass is 16.1. The van der Waals surface area contributed by atoms with Crippen molar-refractivity contribution in [2.45, 2.75) is 44.7 Å². The van der Waals surface area contributed by atoms with Crippen LogP contribution in [0.1, 0.15) is 47.3 Å². The second kappa shape index (κ2) is 7.73. The van der Waals surface area contributed by atoms with Gasteiger partial charge in [-0.25, -0.2) is 4.98 Å². The summed E-state index contributed by atoms with van der Waals surface area (Å²) in [6, 6.07) is 16.1. The highest BCUT2D eigenvalue weighted by molar-refractivity contribution is 5.94. The summed E-state index contributed by atoms with van der Waals surface area (Å²) in [5, 5.41) is 15.8. The largest absolute Gasteiger partial charge is 0.368 e. The Balaban J connectivity index is 1.34. The predicted molar refractivity (Wildman–Crippen MR) is 108 cm³/mol. The van der Waals surface area contributed by atoms with Gasteiger partial charge in [-0.3, -0.25) is 9.20 Å². The van der Waals surface area contributed by atoms with Crippen LogP contribution in [-0.4, -0.2) is 27.4 Å². The van der Waals surface area contributed by atoms with E-state index in [1.807, 2.05) is 53.8 Å². The third kappa shape index (κ3) is 3.84.